The van der Waals surface area contributed by atoms with Crippen LogP contribution in [0, 0.1) is 0 Å². The highest BCUT2D eigenvalue weighted by Gasteiger charge is 2.10. The number of methoxy groups -OCH3 is 1. The maximum Gasteiger partial charge on any atom is 0.255 e. The van der Waals surface area contributed by atoms with Gasteiger partial charge < -0.3 is 15.8 Å². The van der Waals surface area contributed by atoms with E-state index in [1.54, 1.807) is 25.3 Å². The van der Waals surface area contributed by atoms with Gasteiger partial charge >= 0.3 is 0 Å². The van der Waals surface area contributed by atoms with Crippen LogP contribution in [0.1, 0.15) is 15.9 Å². The number of ether oxygens (including phenoxy) is 1. The maximum atomic E-state index is 12.2. The summed E-state index contributed by atoms with van der Waals surface area (Å²) in [6.45, 7) is 0.378. The molecular weight excluding hydrogens is 320 g/mol. The second kappa shape index (κ2) is 6.54. The Labute approximate surface area is 126 Å². The van der Waals surface area contributed by atoms with Gasteiger partial charge in [0.2, 0.25) is 0 Å². The van der Waals surface area contributed by atoms with Crippen LogP contribution in [-0.2, 0) is 6.54 Å². The van der Waals surface area contributed by atoms with Crippen molar-refractivity contribution in [3.8, 4) is 5.75 Å². The molecule has 0 aliphatic carbocycles. The minimum absolute atomic E-state index is 0.186. The summed E-state index contributed by atoms with van der Waals surface area (Å²) in [6, 6.07) is 12.6. The van der Waals surface area contributed by atoms with Crippen molar-refractivity contribution in [2.24, 2.45) is 5.73 Å². The number of nitrogens with one attached hydrogen (secondary N) is 1. The molecule has 0 spiro atoms. The van der Waals surface area contributed by atoms with Gasteiger partial charge in [-0.05, 0) is 45.8 Å². The number of para-hydroxylation sites is 1. The van der Waals surface area contributed by atoms with E-state index in [0.29, 0.717) is 17.9 Å². The molecule has 0 heterocycles. The number of anilines is 1. The van der Waals surface area contributed by atoms with Gasteiger partial charge in [-0.2, -0.15) is 0 Å². The SMILES string of the molecule is COc1ccc(C(=O)Nc2ccccc2CN)cc1Br. The van der Waals surface area contributed by atoms with Gasteiger partial charge in [0.1, 0.15) is 5.75 Å². The lowest BCUT2D eigenvalue weighted by atomic mass is 10.1. The average Bonchev–Trinajstić information content (AvgIpc) is 2.47. The van der Waals surface area contributed by atoms with Crippen LogP contribution in [0.25, 0.3) is 0 Å². The minimum atomic E-state index is -0.186. The van der Waals surface area contributed by atoms with E-state index in [-0.39, 0.29) is 5.91 Å². The lowest BCUT2D eigenvalue weighted by Gasteiger charge is -2.10. The molecule has 2 rings (SSSR count). The Kier molecular flexibility index (Phi) is 4.76. The normalized spacial score (nSPS) is 10.2. The van der Waals surface area contributed by atoms with Crippen LogP contribution >= 0.6 is 15.9 Å². The molecule has 0 bridgehead atoms. The zero-order valence-electron chi connectivity index (χ0n) is 11.0. The van der Waals surface area contributed by atoms with Crippen molar-refractivity contribution < 1.29 is 9.53 Å². The van der Waals surface area contributed by atoms with Crippen LogP contribution < -0.4 is 15.8 Å². The Balaban J connectivity index is 2.22. The molecule has 1 amide bonds. The third-order valence-electron chi connectivity index (χ3n) is 2.90. The number of amides is 1. The van der Waals surface area contributed by atoms with Crippen LogP contribution in [0.2, 0.25) is 0 Å². The van der Waals surface area contributed by atoms with Crippen molar-refractivity contribution in [1.82, 2.24) is 0 Å². The minimum Gasteiger partial charge on any atom is -0.496 e. The highest BCUT2D eigenvalue weighted by atomic mass is 79.9. The zero-order chi connectivity index (χ0) is 14.5. The van der Waals surface area contributed by atoms with Crippen molar-refractivity contribution >= 4 is 27.5 Å². The van der Waals surface area contributed by atoms with Gasteiger partial charge in [-0.15, -0.1) is 0 Å². The summed E-state index contributed by atoms with van der Waals surface area (Å²) < 4.78 is 5.88. The lowest BCUT2D eigenvalue weighted by molar-refractivity contribution is 0.102. The number of carbonyl (C=O) groups excluding carboxylic acids is 1. The Morgan fingerprint density at radius 2 is 2.05 bits per heavy atom. The van der Waals surface area contributed by atoms with Crippen molar-refractivity contribution in [3.05, 3.63) is 58.1 Å². The van der Waals surface area contributed by atoms with Crippen LogP contribution in [-0.4, -0.2) is 13.0 Å². The first-order valence-electron chi connectivity index (χ1n) is 6.08. The molecule has 2 aromatic carbocycles. The predicted octanol–water partition coefficient (Wildman–Crippen LogP) is 3.17. The van der Waals surface area contributed by atoms with E-state index in [1.165, 1.54) is 0 Å². The molecule has 3 N–H and O–H groups in total. The van der Waals surface area contributed by atoms with Crippen LogP contribution in [0.3, 0.4) is 0 Å². The molecule has 0 saturated heterocycles. The molecule has 0 fully saturated rings. The van der Waals surface area contributed by atoms with E-state index in [0.717, 1.165) is 15.7 Å². The van der Waals surface area contributed by atoms with Crippen molar-refractivity contribution in [1.29, 1.82) is 0 Å². The van der Waals surface area contributed by atoms with E-state index in [1.807, 2.05) is 24.3 Å². The van der Waals surface area contributed by atoms with Gasteiger partial charge in [-0.3, -0.25) is 4.79 Å². The predicted molar refractivity (Wildman–Crippen MR) is 83.0 cm³/mol. The number of benzene rings is 2. The molecule has 0 aromatic heterocycles. The van der Waals surface area contributed by atoms with Crippen LogP contribution in [0.15, 0.2) is 46.9 Å². The van der Waals surface area contributed by atoms with Gasteiger partial charge in [-0.25, -0.2) is 0 Å². The van der Waals surface area contributed by atoms with Gasteiger partial charge in [0, 0.05) is 17.8 Å². The molecule has 0 aliphatic rings. The molecule has 0 atom stereocenters. The molecule has 5 heteroatoms. The van der Waals surface area contributed by atoms with Crippen LogP contribution in [0.5, 0.6) is 5.75 Å². The quantitative estimate of drug-likeness (QED) is 0.902. The second-order valence-corrected chi connectivity index (χ2v) is 5.02. The van der Waals surface area contributed by atoms with E-state index < -0.39 is 0 Å². The van der Waals surface area contributed by atoms with E-state index in [2.05, 4.69) is 21.2 Å². The fourth-order valence-corrected chi connectivity index (χ4v) is 2.36. The number of rotatable bonds is 4. The molecule has 0 saturated carbocycles. The summed E-state index contributed by atoms with van der Waals surface area (Å²) in [4.78, 5) is 12.2. The topological polar surface area (TPSA) is 64.3 Å². The number of nitrogens with two attached hydrogens (primary N) is 1. The van der Waals surface area contributed by atoms with Crippen LogP contribution in [0.4, 0.5) is 5.69 Å². The number of carbonyl (C=O) groups is 1. The Morgan fingerprint density at radius 3 is 2.70 bits per heavy atom. The van der Waals surface area contributed by atoms with Crippen molar-refractivity contribution in [2.45, 2.75) is 6.54 Å². The molecule has 0 unspecified atom stereocenters. The van der Waals surface area contributed by atoms with Gasteiger partial charge in [0.05, 0.1) is 11.6 Å². The Morgan fingerprint density at radius 1 is 1.30 bits per heavy atom. The summed E-state index contributed by atoms with van der Waals surface area (Å²) in [5, 5.41) is 2.86. The third kappa shape index (κ3) is 3.18. The van der Waals surface area contributed by atoms with Gasteiger partial charge in [0.25, 0.3) is 5.91 Å². The fourth-order valence-electron chi connectivity index (χ4n) is 1.82. The zero-order valence-corrected chi connectivity index (χ0v) is 12.6. The molecular formula is C15H15BrN2O2. The molecule has 0 aliphatic heterocycles. The molecule has 104 valence electrons. The Hall–Kier alpha value is -1.85. The van der Waals surface area contributed by atoms with E-state index in [4.69, 9.17) is 10.5 Å². The molecule has 20 heavy (non-hydrogen) atoms. The standard InChI is InChI=1S/C15H15BrN2O2/c1-20-14-7-6-10(8-12(14)16)15(19)18-13-5-3-2-4-11(13)9-17/h2-8H,9,17H2,1H3,(H,18,19). The van der Waals surface area contributed by atoms with Crippen molar-refractivity contribution in [2.75, 3.05) is 12.4 Å². The third-order valence-corrected chi connectivity index (χ3v) is 3.52. The first-order chi connectivity index (χ1) is 9.65. The summed E-state index contributed by atoms with van der Waals surface area (Å²) >= 11 is 3.36. The number of hydrogen-bond acceptors (Lipinski definition) is 3. The summed E-state index contributed by atoms with van der Waals surface area (Å²) in [5.74, 6) is 0.498. The largest absolute Gasteiger partial charge is 0.496 e. The smallest absolute Gasteiger partial charge is 0.255 e. The number of hydrogen-bond donors (Lipinski definition) is 2. The number of halogens is 1. The first kappa shape index (κ1) is 14.6. The molecule has 2 aromatic rings. The monoisotopic (exact) mass is 334 g/mol. The fraction of sp³-hybridized carbons (Fsp3) is 0.133. The summed E-state index contributed by atoms with van der Waals surface area (Å²) in [5.41, 5.74) is 7.82. The van der Waals surface area contributed by atoms with Gasteiger partial charge in [0.15, 0.2) is 0 Å². The highest BCUT2D eigenvalue weighted by Crippen LogP contribution is 2.26. The summed E-state index contributed by atoms with van der Waals surface area (Å²) in [6.07, 6.45) is 0. The first-order valence-corrected chi connectivity index (χ1v) is 6.88. The molecule has 0 radical (unpaired) electrons. The summed E-state index contributed by atoms with van der Waals surface area (Å²) in [7, 11) is 1.58. The maximum absolute atomic E-state index is 12.2. The van der Waals surface area contributed by atoms with E-state index in [9.17, 15) is 4.79 Å². The average molecular weight is 335 g/mol. The lowest BCUT2D eigenvalue weighted by Crippen LogP contribution is -2.14. The van der Waals surface area contributed by atoms with Crippen molar-refractivity contribution in [3.63, 3.8) is 0 Å². The van der Waals surface area contributed by atoms with E-state index >= 15 is 0 Å². The second-order valence-electron chi connectivity index (χ2n) is 4.16. The highest BCUT2D eigenvalue weighted by molar-refractivity contribution is 9.10. The molecule has 4 nitrogen and oxygen atoms in total. The van der Waals surface area contributed by atoms with Gasteiger partial charge in [-0.1, -0.05) is 18.2 Å². The Bertz CT molecular complexity index is 629.